The number of hydrogen-bond donors (Lipinski definition) is 3. The van der Waals surface area contributed by atoms with E-state index in [1.807, 2.05) is 19.1 Å². The van der Waals surface area contributed by atoms with Gasteiger partial charge in [-0.25, -0.2) is 4.79 Å². The van der Waals surface area contributed by atoms with Crippen molar-refractivity contribution < 1.29 is 19.7 Å². The van der Waals surface area contributed by atoms with Gasteiger partial charge in [-0.3, -0.25) is 4.57 Å². The molecule has 8 nitrogen and oxygen atoms in total. The summed E-state index contributed by atoms with van der Waals surface area (Å²) in [5, 5.41) is 19.6. The lowest BCUT2D eigenvalue weighted by atomic mass is 10.1. The average Bonchev–Trinajstić information content (AvgIpc) is 2.83. The van der Waals surface area contributed by atoms with Crippen molar-refractivity contribution in [1.29, 1.82) is 0 Å². The summed E-state index contributed by atoms with van der Waals surface area (Å²) in [7, 11) is 0. The van der Waals surface area contributed by atoms with Crippen LogP contribution >= 0.6 is 0 Å². The van der Waals surface area contributed by atoms with E-state index in [1.165, 1.54) is 10.8 Å². The van der Waals surface area contributed by atoms with Crippen LogP contribution in [0.3, 0.4) is 0 Å². The highest BCUT2D eigenvalue weighted by atomic mass is 16.6. The largest absolute Gasteiger partial charge is 0.394 e. The van der Waals surface area contributed by atoms with E-state index in [-0.39, 0.29) is 12.4 Å². The molecule has 23 heavy (non-hydrogen) atoms. The zero-order valence-corrected chi connectivity index (χ0v) is 13.3. The van der Waals surface area contributed by atoms with Crippen molar-refractivity contribution in [2.75, 3.05) is 18.9 Å². The Morgan fingerprint density at radius 1 is 1.57 bits per heavy atom. The normalized spacial score (nSPS) is 27.8. The number of hydrogen-bond acceptors (Lipinski definition) is 7. The summed E-state index contributed by atoms with van der Waals surface area (Å²) in [4.78, 5) is 15.8. The summed E-state index contributed by atoms with van der Waals surface area (Å²) in [5.41, 5.74) is 5.65. The van der Waals surface area contributed by atoms with E-state index in [2.05, 4.69) is 4.98 Å². The molecule has 1 fully saturated rings. The Hall–Kier alpha value is -1.74. The molecule has 1 aliphatic rings. The number of rotatable bonds is 6. The van der Waals surface area contributed by atoms with Gasteiger partial charge in [-0.2, -0.15) is 4.98 Å². The molecule has 4 atom stereocenters. The van der Waals surface area contributed by atoms with E-state index >= 15 is 0 Å². The highest BCUT2D eigenvalue weighted by Gasteiger charge is 2.45. The van der Waals surface area contributed by atoms with Crippen molar-refractivity contribution in [3.05, 3.63) is 34.4 Å². The van der Waals surface area contributed by atoms with Gasteiger partial charge in [-0.1, -0.05) is 12.2 Å². The number of aromatic nitrogens is 2. The quantitative estimate of drug-likeness (QED) is 0.486. The van der Waals surface area contributed by atoms with Crippen molar-refractivity contribution in [2.45, 2.75) is 44.8 Å². The Balaban J connectivity index is 2.26. The molecule has 0 amide bonds. The first-order valence-corrected chi connectivity index (χ1v) is 7.52. The van der Waals surface area contributed by atoms with Crippen LogP contribution in [0, 0.1) is 6.92 Å². The van der Waals surface area contributed by atoms with Gasteiger partial charge >= 0.3 is 5.69 Å². The number of aliphatic hydroxyl groups is 2. The van der Waals surface area contributed by atoms with Crippen molar-refractivity contribution in [3.63, 3.8) is 0 Å². The summed E-state index contributed by atoms with van der Waals surface area (Å²) in [6.07, 6.45) is 2.51. The van der Waals surface area contributed by atoms with Crippen LogP contribution in [0.2, 0.25) is 0 Å². The number of nitrogens with two attached hydrogens (primary N) is 1. The third-order valence-corrected chi connectivity index (χ3v) is 3.77. The van der Waals surface area contributed by atoms with Crippen molar-refractivity contribution in [2.24, 2.45) is 0 Å². The lowest BCUT2D eigenvalue weighted by Crippen LogP contribution is -2.38. The molecule has 1 aliphatic heterocycles. The van der Waals surface area contributed by atoms with E-state index in [9.17, 15) is 15.0 Å². The first kappa shape index (κ1) is 17.6. The Bertz CT molecular complexity index is 616. The third kappa shape index (κ3) is 3.78. The molecule has 2 heterocycles. The Morgan fingerprint density at radius 3 is 2.96 bits per heavy atom. The highest BCUT2D eigenvalue weighted by Crippen LogP contribution is 2.31. The SMILES string of the molecule is C/C=C\CCOC1C(O)[C@@H](CO)O[C@H]1n1cc(C)c(N)nc1=O. The van der Waals surface area contributed by atoms with Gasteiger partial charge in [0, 0.05) is 11.8 Å². The highest BCUT2D eigenvalue weighted by molar-refractivity contribution is 5.35. The molecular formula is C15H23N3O5. The summed E-state index contributed by atoms with van der Waals surface area (Å²) in [6, 6.07) is 0. The van der Waals surface area contributed by atoms with E-state index in [0.29, 0.717) is 18.6 Å². The molecule has 0 aliphatic carbocycles. The lowest BCUT2D eigenvalue weighted by molar-refractivity contribution is -0.0734. The molecule has 0 saturated carbocycles. The number of ether oxygens (including phenoxy) is 2. The second-order valence-corrected chi connectivity index (χ2v) is 5.43. The zero-order valence-electron chi connectivity index (χ0n) is 13.3. The lowest BCUT2D eigenvalue weighted by Gasteiger charge is -2.22. The average molecular weight is 325 g/mol. The van der Waals surface area contributed by atoms with Crippen molar-refractivity contribution >= 4 is 5.82 Å². The summed E-state index contributed by atoms with van der Waals surface area (Å²) >= 11 is 0. The number of nitrogen functional groups attached to an aromatic ring is 1. The smallest absolute Gasteiger partial charge is 0.351 e. The second kappa shape index (κ2) is 7.69. The van der Waals surface area contributed by atoms with Crippen LogP contribution in [0.15, 0.2) is 23.1 Å². The molecule has 2 unspecified atom stereocenters. The molecule has 0 radical (unpaired) electrons. The van der Waals surface area contributed by atoms with Crippen LogP contribution in [-0.2, 0) is 9.47 Å². The van der Waals surface area contributed by atoms with Crippen LogP contribution in [0.4, 0.5) is 5.82 Å². The predicted molar refractivity (Wildman–Crippen MR) is 83.8 cm³/mol. The van der Waals surface area contributed by atoms with Crippen LogP contribution in [0.25, 0.3) is 0 Å². The molecule has 0 bridgehead atoms. The zero-order chi connectivity index (χ0) is 17.0. The molecule has 4 N–H and O–H groups in total. The second-order valence-electron chi connectivity index (χ2n) is 5.43. The first-order chi connectivity index (χ1) is 11.0. The maximum Gasteiger partial charge on any atom is 0.351 e. The van der Waals surface area contributed by atoms with E-state index in [4.69, 9.17) is 15.2 Å². The molecule has 1 saturated heterocycles. The fourth-order valence-electron chi connectivity index (χ4n) is 2.47. The number of allylic oxidation sites excluding steroid dienone is 1. The van der Waals surface area contributed by atoms with E-state index in [1.54, 1.807) is 6.92 Å². The molecule has 2 rings (SSSR count). The molecular weight excluding hydrogens is 302 g/mol. The molecule has 0 spiro atoms. The number of aryl methyl sites for hydroxylation is 1. The third-order valence-electron chi connectivity index (χ3n) is 3.77. The fourth-order valence-corrected chi connectivity index (χ4v) is 2.47. The Labute approximate surface area is 134 Å². The molecule has 1 aromatic rings. The maximum atomic E-state index is 12.1. The predicted octanol–water partition coefficient (Wildman–Crippen LogP) is -0.264. The summed E-state index contributed by atoms with van der Waals surface area (Å²) in [6.45, 7) is 3.61. The molecule has 1 aromatic heterocycles. The topological polar surface area (TPSA) is 120 Å². The maximum absolute atomic E-state index is 12.1. The van der Waals surface area contributed by atoms with Gasteiger partial charge in [0.2, 0.25) is 0 Å². The van der Waals surface area contributed by atoms with Gasteiger partial charge in [-0.05, 0) is 20.3 Å². The first-order valence-electron chi connectivity index (χ1n) is 7.52. The van der Waals surface area contributed by atoms with Crippen LogP contribution in [-0.4, -0.2) is 51.3 Å². The summed E-state index contributed by atoms with van der Waals surface area (Å²) in [5.74, 6) is 0.147. The molecule has 8 heteroatoms. The van der Waals surface area contributed by atoms with Crippen molar-refractivity contribution in [1.82, 2.24) is 9.55 Å². The van der Waals surface area contributed by atoms with Gasteiger partial charge < -0.3 is 25.4 Å². The van der Waals surface area contributed by atoms with E-state index < -0.39 is 30.2 Å². The number of aliphatic hydroxyl groups excluding tert-OH is 2. The molecule has 128 valence electrons. The minimum Gasteiger partial charge on any atom is -0.394 e. The minimum absolute atomic E-state index is 0.147. The van der Waals surface area contributed by atoms with Crippen molar-refractivity contribution in [3.8, 4) is 0 Å². The van der Waals surface area contributed by atoms with Crippen LogP contribution in [0.1, 0.15) is 25.1 Å². The monoisotopic (exact) mass is 325 g/mol. The van der Waals surface area contributed by atoms with Gasteiger partial charge in [-0.15, -0.1) is 0 Å². The Kier molecular flexibility index (Phi) is 5.89. The number of anilines is 1. The fraction of sp³-hybridized carbons (Fsp3) is 0.600. The van der Waals surface area contributed by atoms with Crippen LogP contribution in [0.5, 0.6) is 0 Å². The van der Waals surface area contributed by atoms with Gasteiger partial charge in [0.15, 0.2) is 6.23 Å². The Morgan fingerprint density at radius 2 is 2.30 bits per heavy atom. The summed E-state index contributed by atoms with van der Waals surface area (Å²) < 4.78 is 12.5. The van der Waals surface area contributed by atoms with Crippen LogP contribution < -0.4 is 11.4 Å². The van der Waals surface area contributed by atoms with Gasteiger partial charge in [0.1, 0.15) is 24.1 Å². The van der Waals surface area contributed by atoms with Gasteiger partial charge in [0.05, 0.1) is 13.2 Å². The van der Waals surface area contributed by atoms with E-state index in [0.717, 1.165) is 0 Å². The minimum atomic E-state index is -1.04. The number of nitrogens with zero attached hydrogens (tertiary/aromatic N) is 2. The van der Waals surface area contributed by atoms with Gasteiger partial charge in [0.25, 0.3) is 0 Å². The standard InChI is InChI=1S/C15H23N3O5/c1-3-4-5-6-22-12-11(20)10(8-19)23-14(12)18-7-9(2)13(16)17-15(18)21/h3-4,7,10-12,14,19-20H,5-6,8H2,1-2H3,(H2,16,17,21)/b4-3-/t10-,11?,12?,14-/m1/s1. The molecule has 0 aromatic carbocycles.